The molecule has 1 atom stereocenters. The SMILES string of the molecule is Clc1ccc(C(Cl)c2cccs2)cc1. The number of rotatable bonds is 2. The second kappa shape index (κ2) is 4.35. The van der Waals surface area contributed by atoms with E-state index in [0.717, 1.165) is 15.5 Å². The molecule has 0 fully saturated rings. The van der Waals surface area contributed by atoms with Crippen molar-refractivity contribution in [1.29, 1.82) is 0 Å². The molecule has 0 aliphatic rings. The predicted octanol–water partition coefficient (Wildman–Crippen LogP) is 4.73. The zero-order chi connectivity index (χ0) is 9.97. The number of thiophene rings is 1. The number of hydrogen-bond donors (Lipinski definition) is 0. The third kappa shape index (κ3) is 2.11. The van der Waals surface area contributed by atoms with E-state index in [0.29, 0.717) is 0 Å². The van der Waals surface area contributed by atoms with Gasteiger partial charge in [-0.1, -0.05) is 29.8 Å². The van der Waals surface area contributed by atoms with Gasteiger partial charge in [0.25, 0.3) is 0 Å². The Kier molecular flexibility index (Phi) is 3.12. The lowest BCUT2D eigenvalue weighted by atomic mass is 10.1. The lowest BCUT2D eigenvalue weighted by Gasteiger charge is -2.06. The van der Waals surface area contributed by atoms with E-state index in [1.807, 2.05) is 41.8 Å². The van der Waals surface area contributed by atoms with Crippen molar-refractivity contribution < 1.29 is 0 Å². The topological polar surface area (TPSA) is 0 Å². The lowest BCUT2D eigenvalue weighted by Crippen LogP contribution is -1.88. The molecule has 0 aliphatic carbocycles. The molecule has 2 rings (SSSR count). The highest BCUT2D eigenvalue weighted by molar-refractivity contribution is 7.10. The maximum atomic E-state index is 6.29. The second-order valence-electron chi connectivity index (χ2n) is 2.93. The van der Waals surface area contributed by atoms with Gasteiger partial charge in [-0.05, 0) is 29.1 Å². The Balaban J connectivity index is 2.28. The molecule has 0 bridgehead atoms. The van der Waals surface area contributed by atoms with Crippen LogP contribution in [-0.2, 0) is 0 Å². The Hall–Kier alpha value is -0.500. The Bertz CT molecular complexity index is 392. The van der Waals surface area contributed by atoms with E-state index in [1.54, 1.807) is 11.3 Å². The average molecular weight is 243 g/mol. The highest BCUT2D eigenvalue weighted by Gasteiger charge is 2.10. The molecule has 14 heavy (non-hydrogen) atoms. The molecular formula is C11H8Cl2S. The fourth-order valence-corrected chi connectivity index (χ4v) is 2.46. The van der Waals surface area contributed by atoms with Crippen LogP contribution in [0.2, 0.25) is 5.02 Å². The molecule has 0 saturated carbocycles. The van der Waals surface area contributed by atoms with Crippen molar-refractivity contribution in [3.63, 3.8) is 0 Å². The standard InChI is InChI=1S/C11H8Cl2S/c12-9-5-3-8(4-6-9)11(13)10-2-1-7-14-10/h1-7,11H. The first-order valence-electron chi connectivity index (χ1n) is 4.20. The summed E-state index contributed by atoms with van der Waals surface area (Å²) in [6, 6.07) is 11.7. The minimum absolute atomic E-state index is 0.0627. The van der Waals surface area contributed by atoms with Crippen molar-refractivity contribution in [3.8, 4) is 0 Å². The Labute approximate surface area is 97.1 Å². The smallest absolute Gasteiger partial charge is 0.0927 e. The minimum atomic E-state index is -0.0627. The minimum Gasteiger partial charge on any atom is -0.147 e. The molecule has 1 heterocycles. The molecule has 1 aromatic heterocycles. The van der Waals surface area contributed by atoms with Crippen LogP contribution in [0.25, 0.3) is 0 Å². The van der Waals surface area contributed by atoms with Gasteiger partial charge in [-0.15, -0.1) is 22.9 Å². The van der Waals surface area contributed by atoms with Gasteiger partial charge in [0, 0.05) is 9.90 Å². The van der Waals surface area contributed by atoms with Crippen LogP contribution in [0.3, 0.4) is 0 Å². The van der Waals surface area contributed by atoms with E-state index in [-0.39, 0.29) is 5.38 Å². The van der Waals surface area contributed by atoms with E-state index in [9.17, 15) is 0 Å². The highest BCUT2D eigenvalue weighted by atomic mass is 35.5. The van der Waals surface area contributed by atoms with Gasteiger partial charge in [0.2, 0.25) is 0 Å². The molecule has 72 valence electrons. The van der Waals surface area contributed by atoms with Gasteiger partial charge in [0.05, 0.1) is 5.38 Å². The molecule has 0 spiro atoms. The molecule has 2 aromatic rings. The Morgan fingerprint density at radius 2 is 1.79 bits per heavy atom. The van der Waals surface area contributed by atoms with Crippen molar-refractivity contribution in [2.75, 3.05) is 0 Å². The molecule has 0 amide bonds. The first-order valence-corrected chi connectivity index (χ1v) is 5.90. The quantitative estimate of drug-likeness (QED) is 0.669. The summed E-state index contributed by atoms with van der Waals surface area (Å²) in [5, 5.41) is 2.71. The molecule has 1 aromatic carbocycles. The van der Waals surface area contributed by atoms with Gasteiger partial charge in [-0.3, -0.25) is 0 Å². The van der Waals surface area contributed by atoms with Crippen LogP contribution in [0.15, 0.2) is 41.8 Å². The normalized spacial score (nSPS) is 12.7. The van der Waals surface area contributed by atoms with Crippen molar-refractivity contribution in [2.45, 2.75) is 5.38 Å². The van der Waals surface area contributed by atoms with Gasteiger partial charge in [-0.25, -0.2) is 0 Å². The molecule has 0 radical (unpaired) electrons. The fourth-order valence-electron chi connectivity index (χ4n) is 1.23. The lowest BCUT2D eigenvalue weighted by molar-refractivity contribution is 1.18. The fraction of sp³-hybridized carbons (Fsp3) is 0.0909. The summed E-state index contributed by atoms with van der Waals surface area (Å²) in [6.45, 7) is 0. The van der Waals surface area contributed by atoms with Crippen LogP contribution in [0.4, 0.5) is 0 Å². The first-order chi connectivity index (χ1) is 6.77. The third-order valence-electron chi connectivity index (χ3n) is 1.96. The van der Waals surface area contributed by atoms with Crippen molar-refractivity contribution in [1.82, 2.24) is 0 Å². The highest BCUT2D eigenvalue weighted by Crippen LogP contribution is 2.32. The molecule has 1 unspecified atom stereocenters. The van der Waals surface area contributed by atoms with Crippen molar-refractivity contribution in [2.24, 2.45) is 0 Å². The molecule has 0 aliphatic heterocycles. The molecular weight excluding hydrogens is 235 g/mol. The van der Waals surface area contributed by atoms with Gasteiger partial charge >= 0.3 is 0 Å². The van der Waals surface area contributed by atoms with E-state index in [4.69, 9.17) is 23.2 Å². The molecule has 3 heteroatoms. The maximum Gasteiger partial charge on any atom is 0.0927 e. The average Bonchev–Trinajstić information content (AvgIpc) is 2.71. The number of alkyl halides is 1. The summed E-state index contributed by atoms with van der Waals surface area (Å²) in [6.07, 6.45) is 0. The Morgan fingerprint density at radius 1 is 1.07 bits per heavy atom. The summed E-state index contributed by atoms with van der Waals surface area (Å²) >= 11 is 13.8. The van der Waals surface area contributed by atoms with Crippen LogP contribution in [0.1, 0.15) is 15.8 Å². The summed E-state index contributed by atoms with van der Waals surface area (Å²) in [4.78, 5) is 1.16. The largest absolute Gasteiger partial charge is 0.147 e. The predicted molar refractivity (Wildman–Crippen MR) is 63.5 cm³/mol. The second-order valence-corrected chi connectivity index (χ2v) is 4.78. The number of benzene rings is 1. The monoisotopic (exact) mass is 242 g/mol. The van der Waals surface area contributed by atoms with Crippen LogP contribution in [-0.4, -0.2) is 0 Å². The van der Waals surface area contributed by atoms with Crippen LogP contribution in [0.5, 0.6) is 0 Å². The molecule has 0 nitrogen and oxygen atoms in total. The van der Waals surface area contributed by atoms with Crippen LogP contribution >= 0.6 is 34.5 Å². The zero-order valence-electron chi connectivity index (χ0n) is 7.28. The van der Waals surface area contributed by atoms with Gasteiger partial charge in [0.15, 0.2) is 0 Å². The van der Waals surface area contributed by atoms with Gasteiger partial charge in [0.1, 0.15) is 0 Å². The summed E-state index contributed by atoms with van der Waals surface area (Å²) in [7, 11) is 0. The van der Waals surface area contributed by atoms with E-state index in [1.165, 1.54) is 0 Å². The molecule has 0 saturated heterocycles. The summed E-state index contributed by atoms with van der Waals surface area (Å²) < 4.78 is 0. The van der Waals surface area contributed by atoms with Crippen LogP contribution in [0, 0.1) is 0 Å². The number of hydrogen-bond acceptors (Lipinski definition) is 1. The third-order valence-corrected chi connectivity index (χ3v) is 3.76. The molecule has 0 N–H and O–H groups in total. The van der Waals surface area contributed by atoms with Crippen molar-refractivity contribution in [3.05, 3.63) is 57.2 Å². The number of halogens is 2. The van der Waals surface area contributed by atoms with E-state index in [2.05, 4.69) is 0 Å². The first kappa shape index (κ1) is 10.0. The Morgan fingerprint density at radius 3 is 2.36 bits per heavy atom. The summed E-state index contributed by atoms with van der Waals surface area (Å²) in [5.41, 5.74) is 1.08. The maximum absolute atomic E-state index is 6.29. The van der Waals surface area contributed by atoms with Gasteiger partial charge in [-0.2, -0.15) is 0 Å². The van der Waals surface area contributed by atoms with Gasteiger partial charge < -0.3 is 0 Å². The van der Waals surface area contributed by atoms with Crippen molar-refractivity contribution >= 4 is 34.5 Å². The van der Waals surface area contributed by atoms with Crippen LogP contribution < -0.4 is 0 Å². The van der Waals surface area contributed by atoms with E-state index >= 15 is 0 Å². The summed E-state index contributed by atoms with van der Waals surface area (Å²) in [5.74, 6) is 0. The zero-order valence-corrected chi connectivity index (χ0v) is 9.61. The van der Waals surface area contributed by atoms with E-state index < -0.39 is 0 Å².